The molecule has 0 spiro atoms. The van der Waals surface area contributed by atoms with Crippen LogP contribution >= 0.6 is 11.3 Å². The van der Waals surface area contributed by atoms with Crippen molar-refractivity contribution in [2.75, 3.05) is 12.3 Å². The number of hydrogen-bond donors (Lipinski definition) is 4. The molecule has 5 N–H and O–H groups in total. The van der Waals surface area contributed by atoms with Gasteiger partial charge in [0.25, 0.3) is 0 Å². The number of nitrogens with two attached hydrogens (primary N) is 1. The summed E-state index contributed by atoms with van der Waals surface area (Å²) in [7, 11) is 0. The molecule has 0 saturated carbocycles. The highest BCUT2D eigenvalue weighted by atomic mass is 32.1. The van der Waals surface area contributed by atoms with E-state index in [2.05, 4.69) is 9.97 Å². The molecule has 108 valence electrons. The molecule has 0 bridgehead atoms. The van der Waals surface area contributed by atoms with E-state index in [9.17, 15) is 15.0 Å². The molecule has 4 atom stereocenters. The average Bonchev–Trinajstić information content (AvgIpc) is 2.88. The van der Waals surface area contributed by atoms with E-state index in [1.165, 1.54) is 6.20 Å². The summed E-state index contributed by atoms with van der Waals surface area (Å²) in [6, 6.07) is 0. The number of thiazole rings is 1. The van der Waals surface area contributed by atoms with Crippen molar-refractivity contribution in [3.05, 3.63) is 15.9 Å². The van der Waals surface area contributed by atoms with E-state index < -0.39 is 36.0 Å². The summed E-state index contributed by atoms with van der Waals surface area (Å²) < 4.78 is 6.93. The molecule has 0 aromatic carbocycles. The molecular formula is C10H12N4O5S. The third-order valence-electron chi connectivity index (χ3n) is 3.15. The van der Waals surface area contributed by atoms with Crippen molar-refractivity contribution >= 4 is 27.6 Å². The maximum Gasteiger partial charge on any atom is 0.311 e. The van der Waals surface area contributed by atoms with E-state index in [0.29, 0.717) is 4.70 Å². The standard InChI is InChI=1S/C10H12N4O5S/c11-9-12-1-4-7(13-9)14(10(18)20-4)8-6(17)5(16)3(2-15)19-8/h1,3,5-6,8,15-17H,2H2,(H2,11,12,13)/t3-,5+,6-,8-/m1/s1. The summed E-state index contributed by atoms with van der Waals surface area (Å²) >= 11 is 0.878. The Morgan fingerprint density at radius 3 is 2.85 bits per heavy atom. The molecule has 2 aromatic rings. The van der Waals surface area contributed by atoms with Crippen LogP contribution in [-0.2, 0) is 4.74 Å². The van der Waals surface area contributed by atoms with Crippen molar-refractivity contribution in [1.29, 1.82) is 0 Å². The first-order valence-electron chi connectivity index (χ1n) is 5.79. The Bertz CT molecular complexity index is 701. The molecule has 0 aliphatic carbocycles. The Kier molecular flexibility index (Phi) is 3.18. The van der Waals surface area contributed by atoms with Gasteiger partial charge in [0.15, 0.2) is 11.9 Å². The monoisotopic (exact) mass is 300 g/mol. The van der Waals surface area contributed by atoms with Crippen molar-refractivity contribution in [2.45, 2.75) is 24.5 Å². The molecule has 0 unspecified atom stereocenters. The molecule has 1 aliphatic heterocycles. The van der Waals surface area contributed by atoms with E-state index in [4.69, 9.17) is 15.6 Å². The van der Waals surface area contributed by atoms with Crippen LogP contribution in [0, 0.1) is 0 Å². The molecule has 9 nitrogen and oxygen atoms in total. The smallest absolute Gasteiger partial charge is 0.311 e. The zero-order chi connectivity index (χ0) is 14.4. The van der Waals surface area contributed by atoms with Crippen LogP contribution in [0.5, 0.6) is 0 Å². The normalized spacial score (nSPS) is 30.1. The number of anilines is 1. The molecule has 1 fully saturated rings. The molecule has 1 aliphatic rings. The van der Waals surface area contributed by atoms with Gasteiger partial charge < -0.3 is 25.8 Å². The number of nitrogen functional groups attached to an aromatic ring is 1. The summed E-state index contributed by atoms with van der Waals surface area (Å²) in [5.74, 6) is -0.0178. The molecule has 10 heteroatoms. The second kappa shape index (κ2) is 4.75. The highest BCUT2D eigenvalue weighted by molar-refractivity contribution is 7.16. The zero-order valence-corrected chi connectivity index (χ0v) is 10.9. The maximum absolute atomic E-state index is 12.0. The van der Waals surface area contributed by atoms with Crippen LogP contribution in [0.25, 0.3) is 10.3 Å². The minimum Gasteiger partial charge on any atom is -0.394 e. The second-order valence-corrected chi connectivity index (χ2v) is 5.38. The Morgan fingerprint density at radius 2 is 2.20 bits per heavy atom. The van der Waals surface area contributed by atoms with Crippen LogP contribution in [-0.4, -0.2) is 54.8 Å². The summed E-state index contributed by atoms with van der Waals surface area (Å²) in [4.78, 5) is 19.3. The largest absolute Gasteiger partial charge is 0.394 e. The van der Waals surface area contributed by atoms with Gasteiger partial charge in [-0.25, -0.2) is 4.98 Å². The van der Waals surface area contributed by atoms with Crippen LogP contribution in [0.2, 0.25) is 0 Å². The predicted molar refractivity (Wildman–Crippen MR) is 69.1 cm³/mol. The minimum absolute atomic E-state index is 0.0178. The van der Waals surface area contributed by atoms with Gasteiger partial charge in [-0.3, -0.25) is 9.36 Å². The van der Waals surface area contributed by atoms with E-state index in [0.717, 1.165) is 15.9 Å². The molecule has 3 heterocycles. The van der Waals surface area contributed by atoms with Crippen LogP contribution in [0.3, 0.4) is 0 Å². The first-order chi connectivity index (χ1) is 9.52. The van der Waals surface area contributed by atoms with Crippen LogP contribution < -0.4 is 10.6 Å². The quantitative estimate of drug-likeness (QED) is 0.501. The second-order valence-electron chi connectivity index (χ2n) is 4.38. The van der Waals surface area contributed by atoms with E-state index >= 15 is 0 Å². The highest BCUT2D eigenvalue weighted by Gasteiger charge is 2.44. The van der Waals surface area contributed by atoms with E-state index in [1.54, 1.807) is 0 Å². The van der Waals surface area contributed by atoms with Crippen molar-refractivity contribution in [3.8, 4) is 0 Å². The molecular weight excluding hydrogens is 288 g/mol. The molecule has 0 radical (unpaired) electrons. The van der Waals surface area contributed by atoms with Gasteiger partial charge in [-0.1, -0.05) is 11.3 Å². The number of aliphatic hydroxyl groups is 3. The van der Waals surface area contributed by atoms with Gasteiger partial charge in [-0.15, -0.1) is 0 Å². The number of aliphatic hydroxyl groups excluding tert-OH is 3. The minimum atomic E-state index is -1.35. The van der Waals surface area contributed by atoms with Gasteiger partial charge in [0.1, 0.15) is 18.3 Å². The fourth-order valence-corrected chi connectivity index (χ4v) is 2.98. The van der Waals surface area contributed by atoms with Gasteiger partial charge in [0.2, 0.25) is 5.95 Å². The third-order valence-corrected chi connectivity index (χ3v) is 4.03. The van der Waals surface area contributed by atoms with Crippen molar-refractivity contribution in [2.24, 2.45) is 0 Å². The van der Waals surface area contributed by atoms with Gasteiger partial charge >= 0.3 is 4.87 Å². The lowest BCUT2D eigenvalue weighted by Crippen LogP contribution is -2.34. The molecule has 20 heavy (non-hydrogen) atoms. The molecule has 0 amide bonds. The summed E-state index contributed by atoms with van der Waals surface area (Å²) in [6.45, 7) is -0.470. The maximum atomic E-state index is 12.0. The van der Waals surface area contributed by atoms with Gasteiger partial charge in [0, 0.05) is 0 Å². The van der Waals surface area contributed by atoms with Crippen molar-refractivity contribution in [1.82, 2.24) is 14.5 Å². The van der Waals surface area contributed by atoms with Crippen LogP contribution in [0.15, 0.2) is 11.0 Å². The van der Waals surface area contributed by atoms with Crippen LogP contribution in [0.4, 0.5) is 5.95 Å². The number of nitrogens with zero attached hydrogens (tertiary/aromatic N) is 3. The van der Waals surface area contributed by atoms with Crippen molar-refractivity contribution in [3.63, 3.8) is 0 Å². The molecule has 2 aromatic heterocycles. The highest BCUT2D eigenvalue weighted by Crippen LogP contribution is 2.31. The van der Waals surface area contributed by atoms with Gasteiger partial charge in [-0.2, -0.15) is 4.98 Å². The Hall–Kier alpha value is -1.59. The lowest BCUT2D eigenvalue weighted by Gasteiger charge is -2.15. The lowest BCUT2D eigenvalue weighted by molar-refractivity contribution is -0.0518. The summed E-state index contributed by atoms with van der Waals surface area (Å²) in [6.07, 6.45) is -3.32. The third kappa shape index (κ3) is 1.89. The van der Waals surface area contributed by atoms with E-state index in [-0.39, 0.29) is 11.6 Å². The predicted octanol–water partition coefficient (Wildman–Crippen LogP) is -1.95. The topological polar surface area (TPSA) is 144 Å². The fourth-order valence-electron chi connectivity index (χ4n) is 2.17. The Balaban J connectivity index is 2.13. The number of ether oxygens (including phenoxy) is 1. The fraction of sp³-hybridized carbons (Fsp3) is 0.500. The molecule has 3 rings (SSSR count). The lowest BCUT2D eigenvalue weighted by atomic mass is 10.1. The number of hydrogen-bond acceptors (Lipinski definition) is 9. The molecule has 1 saturated heterocycles. The van der Waals surface area contributed by atoms with Gasteiger partial charge in [0.05, 0.1) is 17.5 Å². The average molecular weight is 300 g/mol. The first-order valence-corrected chi connectivity index (χ1v) is 6.60. The SMILES string of the molecule is Nc1ncc2sc(=O)n([C@@H]3O[C@H](CO)[C@H](O)[C@H]3O)c2n1. The van der Waals surface area contributed by atoms with Crippen LogP contribution in [0.1, 0.15) is 6.23 Å². The number of fused-ring (bicyclic) bond motifs is 1. The zero-order valence-electron chi connectivity index (χ0n) is 10.1. The Labute approximate surface area is 115 Å². The first kappa shape index (κ1) is 13.4. The summed E-state index contributed by atoms with van der Waals surface area (Å²) in [5, 5.41) is 28.8. The Morgan fingerprint density at radius 1 is 1.45 bits per heavy atom. The summed E-state index contributed by atoms with van der Waals surface area (Å²) in [5.41, 5.74) is 5.71. The van der Waals surface area contributed by atoms with Crippen molar-refractivity contribution < 1.29 is 20.1 Å². The number of rotatable bonds is 2. The van der Waals surface area contributed by atoms with Gasteiger partial charge in [-0.05, 0) is 0 Å². The number of aromatic nitrogens is 3. The van der Waals surface area contributed by atoms with E-state index in [1.807, 2.05) is 0 Å².